The van der Waals surface area contributed by atoms with Gasteiger partial charge in [-0.25, -0.2) is 0 Å². The van der Waals surface area contributed by atoms with Gasteiger partial charge in [-0.05, 0) is 44.6 Å². The summed E-state index contributed by atoms with van der Waals surface area (Å²) in [6, 6.07) is 11.8. The Balaban J connectivity index is 1.97. The number of aromatic nitrogens is 1. The van der Waals surface area contributed by atoms with Gasteiger partial charge < -0.3 is 5.32 Å². The second-order valence-corrected chi connectivity index (χ2v) is 5.68. The van der Waals surface area contributed by atoms with E-state index < -0.39 is 0 Å². The fraction of sp³-hybridized carbons (Fsp3) is 0.333. The highest BCUT2D eigenvalue weighted by molar-refractivity contribution is 5.83. The second kappa shape index (κ2) is 7.71. The van der Waals surface area contributed by atoms with Gasteiger partial charge in [0.15, 0.2) is 0 Å². The van der Waals surface area contributed by atoms with E-state index in [1.165, 1.54) is 5.56 Å². The van der Waals surface area contributed by atoms with Gasteiger partial charge in [-0.3, -0.25) is 14.7 Å². The minimum absolute atomic E-state index is 0.0257. The van der Waals surface area contributed by atoms with Gasteiger partial charge in [0.25, 0.3) is 0 Å². The van der Waals surface area contributed by atoms with Crippen LogP contribution < -0.4 is 5.32 Å². The molecule has 0 aliphatic heterocycles. The summed E-state index contributed by atoms with van der Waals surface area (Å²) in [4.78, 5) is 18.5. The number of amides is 1. The van der Waals surface area contributed by atoms with E-state index in [-0.39, 0.29) is 11.9 Å². The summed E-state index contributed by atoms with van der Waals surface area (Å²) in [6.07, 6.45) is 4.37. The van der Waals surface area contributed by atoms with Crippen LogP contribution in [0, 0.1) is 6.92 Å². The van der Waals surface area contributed by atoms with Gasteiger partial charge in [-0.15, -0.1) is 0 Å². The maximum Gasteiger partial charge on any atom is 0.241 e. The van der Waals surface area contributed by atoms with E-state index in [0.717, 1.165) is 17.5 Å². The van der Waals surface area contributed by atoms with Crippen LogP contribution in [0.25, 0.3) is 0 Å². The molecule has 2 aromatic rings. The van der Waals surface area contributed by atoms with Gasteiger partial charge in [-0.1, -0.05) is 35.9 Å². The SMILES string of the molecule is Cc1ccc([C@@H](C(=O)NCCc2cccnc2)N(C)C)cc1. The fourth-order valence-corrected chi connectivity index (χ4v) is 2.41. The van der Waals surface area contributed by atoms with Crippen molar-refractivity contribution in [3.05, 3.63) is 65.5 Å². The molecule has 0 saturated heterocycles. The lowest BCUT2D eigenvalue weighted by Crippen LogP contribution is -2.37. The van der Waals surface area contributed by atoms with E-state index in [0.29, 0.717) is 6.54 Å². The quantitative estimate of drug-likeness (QED) is 0.890. The molecule has 116 valence electrons. The normalized spacial score (nSPS) is 12.2. The Morgan fingerprint density at radius 3 is 2.55 bits per heavy atom. The van der Waals surface area contributed by atoms with Gasteiger partial charge in [0.05, 0.1) is 0 Å². The lowest BCUT2D eigenvalue weighted by atomic mass is 10.0. The highest BCUT2D eigenvalue weighted by Gasteiger charge is 2.22. The molecule has 0 fully saturated rings. The molecule has 0 radical (unpaired) electrons. The Hall–Kier alpha value is -2.20. The first-order chi connectivity index (χ1) is 10.6. The number of aryl methyl sites for hydroxylation is 1. The average Bonchev–Trinajstić information content (AvgIpc) is 2.50. The number of carbonyl (C=O) groups is 1. The van der Waals surface area contributed by atoms with E-state index in [4.69, 9.17) is 0 Å². The summed E-state index contributed by atoms with van der Waals surface area (Å²) in [7, 11) is 3.84. The Morgan fingerprint density at radius 2 is 1.95 bits per heavy atom. The van der Waals surface area contributed by atoms with Crippen LogP contribution in [0.4, 0.5) is 0 Å². The summed E-state index contributed by atoms with van der Waals surface area (Å²) in [6.45, 7) is 2.66. The Labute approximate surface area is 132 Å². The lowest BCUT2D eigenvalue weighted by molar-refractivity contribution is -0.125. The maximum absolute atomic E-state index is 12.5. The van der Waals surface area contributed by atoms with Crippen molar-refractivity contribution in [1.82, 2.24) is 15.2 Å². The molecule has 22 heavy (non-hydrogen) atoms. The van der Waals surface area contributed by atoms with Crippen molar-refractivity contribution in [2.75, 3.05) is 20.6 Å². The summed E-state index contributed by atoms with van der Waals surface area (Å²) < 4.78 is 0. The molecule has 0 bridgehead atoms. The Bertz CT molecular complexity index is 593. The molecule has 1 atom stereocenters. The van der Waals surface area contributed by atoms with Crippen LogP contribution in [0.3, 0.4) is 0 Å². The standard InChI is InChI=1S/C18H23N3O/c1-14-6-8-16(9-7-14)17(21(2)3)18(22)20-12-10-15-5-4-11-19-13-15/h4-9,11,13,17H,10,12H2,1-3H3,(H,20,22)/t17-/m0/s1. The first-order valence-corrected chi connectivity index (χ1v) is 7.47. The number of hydrogen-bond donors (Lipinski definition) is 1. The third-order valence-electron chi connectivity index (χ3n) is 3.59. The van der Waals surface area contributed by atoms with Crippen LogP contribution in [-0.2, 0) is 11.2 Å². The number of pyridine rings is 1. The number of likely N-dealkylation sites (N-methyl/N-ethyl adjacent to an activating group) is 1. The molecule has 1 amide bonds. The van der Waals surface area contributed by atoms with Crippen LogP contribution in [-0.4, -0.2) is 36.4 Å². The molecule has 1 aromatic carbocycles. The topological polar surface area (TPSA) is 45.2 Å². The van der Waals surface area contributed by atoms with E-state index >= 15 is 0 Å². The van der Waals surface area contributed by atoms with Crippen LogP contribution >= 0.6 is 0 Å². The minimum atomic E-state index is -0.269. The number of nitrogens with zero attached hydrogens (tertiary/aromatic N) is 2. The number of carbonyl (C=O) groups excluding carboxylic acids is 1. The zero-order valence-electron chi connectivity index (χ0n) is 13.4. The van der Waals surface area contributed by atoms with Gasteiger partial charge in [0.2, 0.25) is 5.91 Å². The van der Waals surface area contributed by atoms with Crippen molar-refractivity contribution in [1.29, 1.82) is 0 Å². The van der Waals surface area contributed by atoms with Crippen LogP contribution in [0.2, 0.25) is 0 Å². The number of hydrogen-bond acceptors (Lipinski definition) is 3. The molecule has 1 aromatic heterocycles. The van der Waals surface area contributed by atoms with Crippen LogP contribution in [0.5, 0.6) is 0 Å². The maximum atomic E-state index is 12.5. The Morgan fingerprint density at radius 1 is 1.23 bits per heavy atom. The zero-order chi connectivity index (χ0) is 15.9. The van der Waals surface area contributed by atoms with E-state index in [9.17, 15) is 4.79 Å². The smallest absolute Gasteiger partial charge is 0.241 e. The Kier molecular flexibility index (Phi) is 5.67. The minimum Gasteiger partial charge on any atom is -0.354 e. The predicted molar refractivity (Wildman–Crippen MR) is 88.6 cm³/mol. The highest BCUT2D eigenvalue weighted by Crippen LogP contribution is 2.18. The highest BCUT2D eigenvalue weighted by atomic mass is 16.2. The number of benzene rings is 1. The monoisotopic (exact) mass is 297 g/mol. The van der Waals surface area contributed by atoms with Crippen molar-refractivity contribution in [2.24, 2.45) is 0 Å². The number of rotatable bonds is 6. The number of nitrogens with one attached hydrogen (secondary N) is 1. The molecule has 0 saturated carbocycles. The molecule has 4 nitrogen and oxygen atoms in total. The third kappa shape index (κ3) is 4.40. The molecule has 0 aliphatic rings. The van der Waals surface area contributed by atoms with Crippen molar-refractivity contribution >= 4 is 5.91 Å². The van der Waals surface area contributed by atoms with Crippen molar-refractivity contribution in [2.45, 2.75) is 19.4 Å². The molecule has 1 heterocycles. The molecule has 4 heteroatoms. The third-order valence-corrected chi connectivity index (χ3v) is 3.59. The van der Waals surface area contributed by atoms with Gasteiger partial charge in [-0.2, -0.15) is 0 Å². The first kappa shape index (κ1) is 16.2. The van der Waals surface area contributed by atoms with Crippen molar-refractivity contribution in [3.63, 3.8) is 0 Å². The van der Waals surface area contributed by atoms with Gasteiger partial charge >= 0.3 is 0 Å². The zero-order valence-corrected chi connectivity index (χ0v) is 13.4. The van der Waals surface area contributed by atoms with Gasteiger partial charge in [0.1, 0.15) is 6.04 Å². The largest absolute Gasteiger partial charge is 0.354 e. The van der Waals surface area contributed by atoms with Crippen LogP contribution in [0.15, 0.2) is 48.8 Å². The fourth-order valence-electron chi connectivity index (χ4n) is 2.41. The van der Waals surface area contributed by atoms with E-state index in [1.54, 1.807) is 6.20 Å². The second-order valence-electron chi connectivity index (χ2n) is 5.68. The first-order valence-electron chi connectivity index (χ1n) is 7.47. The van der Waals surface area contributed by atoms with Crippen molar-refractivity contribution in [3.8, 4) is 0 Å². The molecule has 2 rings (SSSR count). The summed E-state index contributed by atoms with van der Waals surface area (Å²) >= 11 is 0. The molecular formula is C18H23N3O. The molecular weight excluding hydrogens is 274 g/mol. The average molecular weight is 297 g/mol. The summed E-state index contributed by atoms with van der Waals surface area (Å²) in [5.41, 5.74) is 3.33. The molecule has 0 unspecified atom stereocenters. The van der Waals surface area contributed by atoms with E-state index in [2.05, 4.69) is 10.3 Å². The summed E-state index contributed by atoms with van der Waals surface area (Å²) in [5.74, 6) is 0.0257. The molecule has 1 N–H and O–H groups in total. The molecule has 0 aliphatic carbocycles. The summed E-state index contributed by atoms with van der Waals surface area (Å²) in [5, 5.41) is 3.02. The van der Waals surface area contributed by atoms with E-state index in [1.807, 2.05) is 68.5 Å². The predicted octanol–water partition coefficient (Wildman–Crippen LogP) is 2.35. The van der Waals surface area contributed by atoms with Gasteiger partial charge in [0, 0.05) is 18.9 Å². The lowest BCUT2D eigenvalue weighted by Gasteiger charge is -2.24. The van der Waals surface area contributed by atoms with Crippen molar-refractivity contribution < 1.29 is 4.79 Å². The molecule has 0 spiro atoms. The van der Waals surface area contributed by atoms with Crippen LogP contribution in [0.1, 0.15) is 22.7 Å².